The maximum atomic E-state index is 14.0. The number of aliphatic hydroxyl groups is 1. The van der Waals surface area contributed by atoms with Crippen molar-refractivity contribution in [1.29, 1.82) is 0 Å². The van der Waals surface area contributed by atoms with Gasteiger partial charge in [-0.05, 0) is 61.2 Å². The summed E-state index contributed by atoms with van der Waals surface area (Å²) in [5, 5.41) is 13.3. The third kappa shape index (κ3) is 4.00. The molecule has 9 heteroatoms. The Bertz CT molecular complexity index is 1300. The lowest BCUT2D eigenvalue weighted by atomic mass is 9.98. The maximum absolute atomic E-state index is 14.0. The van der Waals surface area contributed by atoms with Crippen LogP contribution in [-0.2, 0) is 9.59 Å². The van der Waals surface area contributed by atoms with Crippen LogP contribution in [0.3, 0.4) is 0 Å². The molecular weight excluding hydrogens is 472 g/mol. The average molecular weight is 490 g/mol. The molecule has 4 rings (SSSR count). The Morgan fingerprint density at radius 1 is 1.15 bits per heavy atom. The van der Waals surface area contributed by atoms with Crippen molar-refractivity contribution >= 4 is 46.1 Å². The SMILES string of the molecule is CCOc1cc(/C(O)=C2/C(=O)C(=O)N(c3ccc(F)c(F)c3)C2c2sccc2C)ccc1Cl. The summed E-state index contributed by atoms with van der Waals surface area (Å²) < 4.78 is 33.0. The molecule has 0 bridgehead atoms. The average Bonchev–Trinajstić information content (AvgIpc) is 3.32. The Balaban J connectivity index is 1.94. The molecule has 2 heterocycles. The van der Waals surface area contributed by atoms with Crippen molar-refractivity contribution in [2.45, 2.75) is 19.9 Å². The van der Waals surface area contributed by atoms with Gasteiger partial charge >= 0.3 is 0 Å². The predicted molar refractivity (Wildman–Crippen MR) is 123 cm³/mol. The van der Waals surface area contributed by atoms with Crippen LogP contribution in [0.5, 0.6) is 5.75 Å². The number of thiophene rings is 1. The van der Waals surface area contributed by atoms with Gasteiger partial charge in [-0.2, -0.15) is 0 Å². The zero-order chi connectivity index (χ0) is 23.9. The topological polar surface area (TPSA) is 66.8 Å². The fraction of sp³-hybridized carbons (Fsp3) is 0.167. The maximum Gasteiger partial charge on any atom is 0.300 e. The summed E-state index contributed by atoms with van der Waals surface area (Å²) in [6.45, 7) is 3.90. The molecule has 170 valence electrons. The molecule has 1 fully saturated rings. The number of aryl methyl sites for hydroxylation is 1. The van der Waals surface area contributed by atoms with Crippen molar-refractivity contribution in [2.75, 3.05) is 11.5 Å². The van der Waals surface area contributed by atoms with Crippen LogP contribution in [0.2, 0.25) is 5.02 Å². The number of Topliss-reactive ketones (excluding diaryl/α,β-unsaturated/α-hetero) is 1. The summed E-state index contributed by atoms with van der Waals surface area (Å²) in [5.74, 6) is -4.25. The first-order valence-corrected chi connectivity index (χ1v) is 11.2. The van der Waals surface area contributed by atoms with Crippen LogP contribution in [0, 0.1) is 18.6 Å². The fourth-order valence-electron chi connectivity index (χ4n) is 3.72. The zero-order valence-electron chi connectivity index (χ0n) is 17.6. The van der Waals surface area contributed by atoms with Crippen LogP contribution in [0.1, 0.15) is 29.0 Å². The summed E-state index contributed by atoms with van der Waals surface area (Å²) in [7, 11) is 0. The number of carbonyl (C=O) groups excluding carboxylic acids is 2. The Kier molecular flexibility index (Phi) is 6.23. The molecule has 1 saturated heterocycles. The summed E-state index contributed by atoms with van der Waals surface area (Å²) in [6.07, 6.45) is 0. The Labute approximate surface area is 197 Å². The number of carbonyl (C=O) groups is 2. The lowest BCUT2D eigenvalue weighted by molar-refractivity contribution is -0.132. The highest BCUT2D eigenvalue weighted by atomic mass is 35.5. The summed E-state index contributed by atoms with van der Waals surface area (Å²) in [5.41, 5.74) is 0.834. The van der Waals surface area contributed by atoms with Gasteiger partial charge in [-0.1, -0.05) is 11.6 Å². The van der Waals surface area contributed by atoms with Crippen molar-refractivity contribution in [2.24, 2.45) is 0 Å². The van der Waals surface area contributed by atoms with E-state index < -0.39 is 35.1 Å². The summed E-state index contributed by atoms with van der Waals surface area (Å²) >= 11 is 7.42. The van der Waals surface area contributed by atoms with E-state index in [0.717, 1.165) is 22.6 Å². The molecule has 1 aromatic heterocycles. The van der Waals surface area contributed by atoms with Crippen LogP contribution < -0.4 is 9.64 Å². The van der Waals surface area contributed by atoms with Crippen molar-refractivity contribution in [3.05, 3.63) is 86.1 Å². The molecule has 1 N–H and O–H groups in total. The molecule has 3 aromatic rings. The van der Waals surface area contributed by atoms with Gasteiger partial charge in [0.1, 0.15) is 17.6 Å². The van der Waals surface area contributed by atoms with Crippen LogP contribution in [-0.4, -0.2) is 23.4 Å². The molecule has 1 atom stereocenters. The van der Waals surface area contributed by atoms with Gasteiger partial charge < -0.3 is 9.84 Å². The van der Waals surface area contributed by atoms with Crippen molar-refractivity contribution in [1.82, 2.24) is 0 Å². The molecule has 0 radical (unpaired) electrons. The number of nitrogens with zero attached hydrogens (tertiary/aromatic N) is 1. The number of ketones is 1. The lowest BCUT2D eigenvalue weighted by Crippen LogP contribution is -2.29. The number of benzene rings is 2. The lowest BCUT2D eigenvalue weighted by Gasteiger charge is -2.25. The molecule has 0 saturated carbocycles. The first-order chi connectivity index (χ1) is 15.7. The Morgan fingerprint density at radius 2 is 1.91 bits per heavy atom. The van der Waals surface area contributed by atoms with Gasteiger partial charge in [0.2, 0.25) is 0 Å². The fourth-order valence-corrected chi connectivity index (χ4v) is 4.92. The number of hydrogen-bond donors (Lipinski definition) is 1. The molecular formula is C24H18ClF2NO4S. The number of amides is 1. The first-order valence-electron chi connectivity index (χ1n) is 9.97. The van der Waals surface area contributed by atoms with Gasteiger partial charge in [-0.25, -0.2) is 8.78 Å². The van der Waals surface area contributed by atoms with Gasteiger partial charge in [0, 0.05) is 22.2 Å². The standard InChI is InChI=1S/C24H18ClF2NO4S/c1-3-32-18-10-13(4-6-15(18)25)21(29)19-20(23-12(2)8-9-33-23)28(24(31)22(19)30)14-5-7-16(26)17(27)11-14/h4-11,20,29H,3H2,1-2H3/b21-19-. The van der Waals surface area contributed by atoms with E-state index in [1.54, 1.807) is 25.3 Å². The van der Waals surface area contributed by atoms with Crippen LogP contribution in [0.25, 0.3) is 5.76 Å². The third-order valence-electron chi connectivity index (χ3n) is 5.28. The zero-order valence-corrected chi connectivity index (χ0v) is 19.1. The van der Waals surface area contributed by atoms with Crippen molar-refractivity contribution in [3.63, 3.8) is 0 Å². The monoisotopic (exact) mass is 489 g/mol. The molecule has 1 aliphatic rings. The molecule has 1 aliphatic heterocycles. The largest absolute Gasteiger partial charge is 0.507 e. The normalized spacial score (nSPS) is 17.6. The first kappa shape index (κ1) is 22.9. The second kappa shape index (κ2) is 8.96. The van der Waals surface area contributed by atoms with E-state index in [9.17, 15) is 23.5 Å². The minimum absolute atomic E-state index is 0.000962. The number of halogens is 3. The highest BCUT2D eigenvalue weighted by molar-refractivity contribution is 7.10. The van der Waals surface area contributed by atoms with Gasteiger partial charge in [0.05, 0.1) is 17.2 Å². The molecule has 0 aliphatic carbocycles. The quantitative estimate of drug-likeness (QED) is 0.270. The highest BCUT2D eigenvalue weighted by Gasteiger charge is 2.48. The highest BCUT2D eigenvalue weighted by Crippen LogP contribution is 2.45. The smallest absolute Gasteiger partial charge is 0.300 e. The number of hydrogen-bond acceptors (Lipinski definition) is 5. The minimum Gasteiger partial charge on any atom is -0.507 e. The van der Waals surface area contributed by atoms with E-state index in [1.165, 1.54) is 35.6 Å². The van der Waals surface area contributed by atoms with Gasteiger partial charge in [-0.15, -0.1) is 11.3 Å². The number of aliphatic hydroxyl groups excluding tert-OH is 1. The van der Waals surface area contributed by atoms with Crippen LogP contribution in [0.4, 0.5) is 14.5 Å². The van der Waals surface area contributed by atoms with E-state index in [0.29, 0.717) is 22.3 Å². The van der Waals surface area contributed by atoms with Crippen molar-refractivity contribution < 1.29 is 28.2 Å². The van der Waals surface area contributed by atoms with E-state index in [4.69, 9.17) is 16.3 Å². The van der Waals surface area contributed by atoms with Gasteiger partial charge in [-0.3, -0.25) is 14.5 Å². The van der Waals surface area contributed by atoms with E-state index in [2.05, 4.69) is 0 Å². The molecule has 2 aromatic carbocycles. The minimum atomic E-state index is -1.16. The second-order valence-corrected chi connectivity index (χ2v) is 8.67. The Morgan fingerprint density at radius 3 is 2.55 bits per heavy atom. The van der Waals surface area contributed by atoms with Gasteiger partial charge in [0.15, 0.2) is 11.6 Å². The third-order valence-corrected chi connectivity index (χ3v) is 6.66. The van der Waals surface area contributed by atoms with Crippen LogP contribution in [0.15, 0.2) is 53.4 Å². The van der Waals surface area contributed by atoms with E-state index >= 15 is 0 Å². The number of anilines is 1. The second-order valence-electron chi connectivity index (χ2n) is 7.31. The number of rotatable bonds is 5. The van der Waals surface area contributed by atoms with Gasteiger partial charge in [0.25, 0.3) is 11.7 Å². The molecule has 1 unspecified atom stereocenters. The van der Waals surface area contributed by atoms with E-state index in [-0.39, 0.29) is 16.8 Å². The van der Waals surface area contributed by atoms with Crippen LogP contribution >= 0.6 is 22.9 Å². The molecule has 5 nitrogen and oxygen atoms in total. The molecule has 33 heavy (non-hydrogen) atoms. The summed E-state index contributed by atoms with van der Waals surface area (Å²) in [6, 6.07) is 8.23. The van der Waals surface area contributed by atoms with E-state index in [1.807, 2.05) is 0 Å². The molecule has 1 amide bonds. The number of ether oxygens (including phenoxy) is 1. The van der Waals surface area contributed by atoms with Crippen molar-refractivity contribution in [3.8, 4) is 5.75 Å². The molecule has 0 spiro atoms. The Hall–Kier alpha value is -3.23. The summed E-state index contributed by atoms with van der Waals surface area (Å²) in [4.78, 5) is 27.9. The predicted octanol–water partition coefficient (Wildman–Crippen LogP) is 6.01.